The molecule has 0 fully saturated rings. The van der Waals surface area contributed by atoms with E-state index in [1.807, 2.05) is 36.4 Å². The molecule has 1 aliphatic heterocycles. The maximum Gasteiger partial charge on any atom is 0.164 e. The molecule has 0 atom stereocenters. The van der Waals surface area contributed by atoms with Gasteiger partial charge in [-0.3, -0.25) is 0 Å². The largest absolute Gasteiger partial charge is 0.310 e. The van der Waals surface area contributed by atoms with E-state index in [-0.39, 0.29) is 0 Å². The van der Waals surface area contributed by atoms with Gasteiger partial charge in [0.25, 0.3) is 0 Å². The predicted octanol–water partition coefficient (Wildman–Crippen LogP) is 16.0. The zero-order valence-electron chi connectivity index (χ0n) is 37.0. The fraction of sp³-hybridized carbons (Fsp3) is 0.0156. The minimum Gasteiger partial charge on any atom is -0.310 e. The number of anilines is 3. The van der Waals surface area contributed by atoms with Crippen LogP contribution in [0.4, 0.5) is 17.1 Å². The van der Waals surface area contributed by atoms with Crippen LogP contribution in [0.15, 0.2) is 255 Å². The van der Waals surface area contributed by atoms with Gasteiger partial charge in [0.15, 0.2) is 17.5 Å². The molecule has 0 bridgehead atoms. The first kappa shape index (κ1) is 39.4. The molecule has 1 aromatic heterocycles. The van der Waals surface area contributed by atoms with Crippen LogP contribution in [-0.4, -0.2) is 15.0 Å². The van der Waals surface area contributed by atoms with E-state index in [2.05, 4.69) is 223 Å². The van der Waals surface area contributed by atoms with Gasteiger partial charge in [-0.15, -0.1) is 0 Å². The lowest BCUT2D eigenvalue weighted by atomic mass is 9.64. The van der Waals surface area contributed by atoms with Crippen molar-refractivity contribution in [1.29, 1.82) is 0 Å². The number of hydrogen-bond acceptors (Lipinski definition) is 4. The van der Waals surface area contributed by atoms with Gasteiger partial charge in [-0.2, -0.15) is 0 Å². The van der Waals surface area contributed by atoms with Crippen LogP contribution in [0.5, 0.6) is 0 Å². The molecule has 0 amide bonds. The summed E-state index contributed by atoms with van der Waals surface area (Å²) in [5, 5.41) is 0. The second-order valence-corrected chi connectivity index (χ2v) is 17.5. The lowest BCUT2D eigenvalue weighted by Crippen LogP contribution is -2.36. The molecule has 0 saturated heterocycles. The Hall–Kier alpha value is -8.99. The molecule has 2 heterocycles. The molecule has 10 aromatic carbocycles. The minimum absolute atomic E-state index is 0.633. The van der Waals surface area contributed by atoms with E-state index in [4.69, 9.17) is 15.0 Å². The average Bonchev–Trinajstić information content (AvgIpc) is 3.72. The van der Waals surface area contributed by atoms with Crippen molar-refractivity contribution in [3.63, 3.8) is 0 Å². The van der Waals surface area contributed by atoms with Crippen molar-refractivity contribution < 1.29 is 0 Å². The van der Waals surface area contributed by atoms with Gasteiger partial charge in [-0.05, 0) is 103 Å². The van der Waals surface area contributed by atoms with Gasteiger partial charge in [0.05, 0.1) is 16.8 Å². The van der Waals surface area contributed by atoms with Gasteiger partial charge in [0.2, 0.25) is 0 Å². The lowest BCUT2D eigenvalue weighted by Gasteiger charge is -2.45. The highest BCUT2D eigenvalue weighted by Crippen LogP contribution is 2.64. The summed E-state index contributed by atoms with van der Waals surface area (Å²) in [6.07, 6.45) is 0. The van der Waals surface area contributed by atoms with Crippen molar-refractivity contribution in [3.8, 4) is 78.7 Å². The average molecular weight is 867 g/mol. The van der Waals surface area contributed by atoms with E-state index in [0.29, 0.717) is 17.5 Å². The normalized spacial score (nSPS) is 12.8. The van der Waals surface area contributed by atoms with E-state index in [9.17, 15) is 0 Å². The number of para-hydroxylation sites is 3. The minimum atomic E-state index is -0.664. The van der Waals surface area contributed by atoms with Crippen molar-refractivity contribution in [2.24, 2.45) is 0 Å². The van der Waals surface area contributed by atoms with Gasteiger partial charge in [0.1, 0.15) is 0 Å². The summed E-state index contributed by atoms with van der Waals surface area (Å²) in [4.78, 5) is 18.2. The second-order valence-electron chi connectivity index (χ2n) is 17.5. The van der Waals surface area contributed by atoms with Crippen LogP contribution < -0.4 is 4.90 Å². The summed E-state index contributed by atoms with van der Waals surface area (Å²) < 4.78 is 0. The zero-order valence-corrected chi connectivity index (χ0v) is 37.0. The van der Waals surface area contributed by atoms with Crippen molar-refractivity contribution >= 4 is 17.1 Å². The molecule has 0 N–H and O–H groups in total. The highest BCUT2D eigenvalue weighted by atomic mass is 15.2. The van der Waals surface area contributed by atoms with E-state index < -0.39 is 5.41 Å². The van der Waals surface area contributed by atoms with Crippen molar-refractivity contribution in [2.45, 2.75) is 5.41 Å². The Labute approximate surface area is 396 Å². The van der Waals surface area contributed by atoms with Crippen LogP contribution >= 0.6 is 0 Å². The predicted molar refractivity (Wildman–Crippen MR) is 278 cm³/mol. The van der Waals surface area contributed by atoms with Crippen molar-refractivity contribution in [3.05, 3.63) is 277 Å². The molecular formula is C64H42N4. The van der Waals surface area contributed by atoms with Crippen molar-refractivity contribution in [2.75, 3.05) is 4.90 Å². The van der Waals surface area contributed by atoms with E-state index >= 15 is 0 Å². The monoisotopic (exact) mass is 866 g/mol. The highest BCUT2D eigenvalue weighted by Gasteiger charge is 2.52. The number of fused-ring (bicyclic) bond motifs is 9. The van der Waals surface area contributed by atoms with Crippen LogP contribution in [-0.2, 0) is 5.41 Å². The van der Waals surface area contributed by atoms with Gasteiger partial charge in [-0.25, -0.2) is 15.0 Å². The van der Waals surface area contributed by atoms with Gasteiger partial charge >= 0.3 is 0 Å². The molecule has 1 spiro atoms. The summed E-state index contributed by atoms with van der Waals surface area (Å²) in [7, 11) is 0. The first-order valence-corrected chi connectivity index (χ1v) is 23.2. The number of benzene rings is 10. The van der Waals surface area contributed by atoms with E-state index in [1.165, 1.54) is 44.5 Å². The molecule has 4 heteroatoms. The first-order valence-electron chi connectivity index (χ1n) is 23.2. The topological polar surface area (TPSA) is 41.9 Å². The van der Waals surface area contributed by atoms with Crippen LogP contribution in [0.2, 0.25) is 0 Å². The third-order valence-electron chi connectivity index (χ3n) is 13.7. The van der Waals surface area contributed by atoms with Crippen LogP contribution in [0.3, 0.4) is 0 Å². The molecule has 318 valence electrons. The maximum atomic E-state index is 5.34. The molecule has 0 radical (unpaired) electrons. The van der Waals surface area contributed by atoms with Crippen LogP contribution in [0.25, 0.3) is 78.7 Å². The molecular weight excluding hydrogens is 825 g/mol. The highest BCUT2D eigenvalue weighted by molar-refractivity contribution is 6.00. The summed E-state index contributed by atoms with van der Waals surface area (Å²) in [6, 6.07) is 91.3. The molecule has 1 aliphatic carbocycles. The summed E-state index contributed by atoms with van der Waals surface area (Å²) in [5.41, 5.74) is 19.8. The standard InChI is InChI=1S/C64H42N4/c1-5-19-43(20-6-1)48-25-17-26-49(41-48)44-35-37-45(38-36-44)50-39-40-54-53(42-50)60-52(63-66-61(46-21-7-2-8-22-46)65-62(67-63)47-23-9-3-10-24-47)29-18-32-57(60)64(54)55-30-13-15-33-58(55)68(51-27-11-4-12-28-51)59-34-16-14-31-56(59)64/h1-42H. The fourth-order valence-corrected chi connectivity index (χ4v) is 10.7. The molecule has 68 heavy (non-hydrogen) atoms. The SMILES string of the molecule is c1ccc(-c2cccc(-c3ccc(-c4ccc5c(c4)-c4c(-c6nc(-c7ccccc7)nc(-c7ccccc7)n6)cccc4C54c5ccccc5N(c5ccccc5)c5ccccc54)cc3)c2)cc1. The Morgan fingerprint density at radius 3 is 1.25 bits per heavy atom. The van der Waals surface area contributed by atoms with Crippen LogP contribution in [0.1, 0.15) is 22.3 Å². The molecule has 11 aromatic rings. The van der Waals surface area contributed by atoms with E-state index in [0.717, 1.165) is 56.0 Å². The summed E-state index contributed by atoms with van der Waals surface area (Å²) in [6.45, 7) is 0. The fourth-order valence-electron chi connectivity index (χ4n) is 10.7. The zero-order chi connectivity index (χ0) is 45.0. The lowest BCUT2D eigenvalue weighted by molar-refractivity contribution is 0.753. The van der Waals surface area contributed by atoms with E-state index in [1.54, 1.807) is 0 Å². The molecule has 2 aliphatic rings. The quantitative estimate of drug-likeness (QED) is 0.160. The molecule has 0 unspecified atom stereocenters. The van der Waals surface area contributed by atoms with Gasteiger partial charge in [0, 0.05) is 22.4 Å². The maximum absolute atomic E-state index is 5.34. The third-order valence-corrected chi connectivity index (χ3v) is 13.7. The molecule has 13 rings (SSSR count). The Balaban J connectivity index is 1.04. The summed E-state index contributed by atoms with van der Waals surface area (Å²) >= 11 is 0. The smallest absolute Gasteiger partial charge is 0.164 e. The number of nitrogens with zero attached hydrogens (tertiary/aromatic N) is 4. The number of aromatic nitrogens is 3. The Kier molecular flexibility index (Phi) is 9.36. The summed E-state index contributed by atoms with van der Waals surface area (Å²) in [5.74, 6) is 1.90. The number of hydrogen-bond donors (Lipinski definition) is 0. The van der Waals surface area contributed by atoms with Crippen LogP contribution in [0, 0.1) is 0 Å². The number of rotatable bonds is 7. The molecule has 4 nitrogen and oxygen atoms in total. The van der Waals surface area contributed by atoms with Gasteiger partial charge in [-0.1, -0.05) is 218 Å². The van der Waals surface area contributed by atoms with Crippen molar-refractivity contribution in [1.82, 2.24) is 15.0 Å². The second kappa shape index (κ2) is 16.2. The van der Waals surface area contributed by atoms with Gasteiger partial charge < -0.3 is 4.90 Å². The Bertz CT molecular complexity index is 3560. The Morgan fingerprint density at radius 2 is 0.676 bits per heavy atom. The third kappa shape index (κ3) is 6.34. The Morgan fingerprint density at radius 1 is 0.265 bits per heavy atom. The first-order chi connectivity index (χ1) is 33.7. The molecule has 0 saturated carbocycles.